The van der Waals surface area contributed by atoms with Gasteiger partial charge in [0.15, 0.2) is 10.6 Å². The van der Waals surface area contributed by atoms with Crippen molar-refractivity contribution in [3.63, 3.8) is 0 Å². The number of nitrogens with one attached hydrogen (secondary N) is 1. The van der Waals surface area contributed by atoms with Crippen LogP contribution in [0.25, 0.3) is 11.1 Å². The number of rotatable bonds is 12. The molecule has 2 N–H and O–H groups in total. The van der Waals surface area contributed by atoms with E-state index < -0.39 is 24.3 Å². The molecule has 3 amide bonds. The number of carbonyl (C=O) groups excluding carboxylic acids is 3. The molecule has 11 nitrogen and oxygen atoms in total. The van der Waals surface area contributed by atoms with Crippen LogP contribution in [0.3, 0.4) is 0 Å². The van der Waals surface area contributed by atoms with Crippen LogP contribution in [0.1, 0.15) is 58.1 Å². The van der Waals surface area contributed by atoms with Crippen LogP contribution in [0.2, 0.25) is 0 Å². The lowest BCUT2D eigenvalue weighted by atomic mass is 9.99. The molecule has 3 heterocycles. The van der Waals surface area contributed by atoms with E-state index in [2.05, 4.69) is 15.5 Å². The number of benzene rings is 4. The fraction of sp³-hybridized carbons (Fsp3) is 0.275. The number of aryl methyl sites for hydroxylation is 1. The Labute approximate surface area is 315 Å². The predicted molar refractivity (Wildman–Crippen MR) is 199 cm³/mol. The number of aliphatic hydroxyl groups excluding tert-OH is 1. The highest BCUT2D eigenvalue weighted by molar-refractivity contribution is 8.01. The molecule has 7 rings (SSSR count). The monoisotopic (exact) mass is 750 g/mol. The average molecular weight is 751 g/mol. The standard InChI is InChI=1S/C40H38N4O7S2/c1-25-42-43-40(53-25)52-24-33-19-35(29-15-13-26(22-45)14-16-29)51-38(50-33)32-12-6-11-31(18-32)30-10-5-9-28(17-30)21-44-36(46)20-34(37(44)47)41-39(48)49-23-27-7-3-2-4-8-27/h2-18,33-35,38,45H,19-24H2,1H3,(H,41,48). The van der Waals surface area contributed by atoms with E-state index in [0.29, 0.717) is 12.2 Å². The summed E-state index contributed by atoms with van der Waals surface area (Å²) in [4.78, 5) is 39.7. The Balaban J connectivity index is 1.03. The molecule has 4 aromatic carbocycles. The minimum absolute atomic E-state index is 0.0273. The van der Waals surface area contributed by atoms with Gasteiger partial charge in [-0.1, -0.05) is 114 Å². The van der Waals surface area contributed by atoms with Crippen molar-refractivity contribution in [1.82, 2.24) is 20.4 Å². The van der Waals surface area contributed by atoms with Gasteiger partial charge in [0.2, 0.25) is 5.91 Å². The molecule has 2 aliphatic rings. The fourth-order valence-corrected chi connectivity index (χ4v) is 8.15. The number of thioether (sulfide) groups is 1. The van der Waals surface area contributed by atoms with E-state index in [0.717, 1.165) is 48.3 Å². The second kappa shape index (κ2) is 16.8. The van der Waals surface area contributed by atoms with Crippen molar-refractivity contribution in [3.8, 4) is 11.1 Å². The summed E-state index contributed by atoms with van der Waals surface area (Å²) in [6.45, 7) is 2.04. The number of nitrogens with zero attached hydrogens (tertiary/aromatic N) is 3. The molecule has 0 aliphatic carbocycles. The lowest BCUT2D eigenvalue weighted by Gasteiger charge is -2.36. The molecule has 2 saturated heterocycles. The minimum atomic E-state index is -0.984. The molecule has 2 aliphatic heterocycles. The van der Waals surface area contributed by atoms with E-state index in [9.17, 15) is 19.5 Å². The van der Waals surface area contributed by atoms with E-state index in [-0.39, 0.29) is 44.3 Å². The zero-order valence-electron chi connectivity index (χ0n) is 28.9. The lowest BCUT2D eigenvalue weighted by molar-refractivity contribution is -0.245. The number of aliphatic hydroxyl groups is 1. The van der Waals surface area contributed by atoms with Crippen LogP contribution >= 0.6 is 23.1 Å². The van der Waals surface area contributed by atoms with E-state index in [1.807, 2.05) is 110 Å². The number of alkyl carbamates (subject to hydrolysis) is 1. The molecular formula is C40H38N4O7S2. The van der Waals surface area contributed by atoms with Crippen LogP contribution in [0, 0.1) is 6.92 Å². The van der Waals surface area contributed by atoms with Gasteiger partial charge in [-0.25, -0.2) is 4.79 Å². The largest absolute Gasteiger partial charge is 0.445 e. The Kier molecular flexibility index (Phi) is 11.6. The molecule has 0 radical (unpaired) electrons. The first kappa shape index (κ1) is 36.4. The van der Waals surface area contributed by atoms with Gasteiger partial charge in [-0.15, -0.1) is 10.2 Å². The summed E-state index contributed by atoms with van der Waals surface area (Å²) >= 11 is 3.18. The predicted octanol–water partition coefficient (Wildman–Crippen LogP) is 6.90. The number of hydrogen-bond donors (Lipinski definition) is 2. The SMILES string of the molecule is Cc1nnc(SCC2CC(c3ccc(CO)cc3)OC(c3cccc(-c4cccc(CN5C(=O)CC(NC(=O)OCc6ccccc6)C5=O)c4)c3)O2)s1. The highest BCUT2D eigenvalue weighted by atomic mass is 32.2. The number of likely N-dealkylation sites (tertiary alicyclic amines) is 1. The minimum Gasteiger partial charge on any atom is -0.445 e. The second-order valence-corrected chi connectivity index (χ2v) is 15.3. The van der Waals surface area contributed by atoms with Crippen molar-refractivity contribution in [2.24, 2.45) is 0 Å². The van der Waals surface area contributed by atoms with Gasteiger partial charge in [0.05, 0.1) is 31.8 Å². The first-order valence-corrected chi connectivity index (χ1v) is 19.1. The lowest BCUT2D eigenvalue weighted by Crippen LogP contribution is -2.41. The van der Waals surface area contributed by atoms with Gasteiger partial charge in [-0.3, -0.25) is 14.5 Å². The third-order valence-corrected chi connectivity index (χ3v) is 11.1. The molecular weight excluding hydrogens is 713 g/mol. The number of hydrogen-bond acceptors (Lipinski definition) is 11. The molecule has 1 aromatic heterocycles. The first-order valence-electron chi connectivity index (χ1n) is 17.3. The zero-order valence-corrected chi connectivity index (χ0v) is 30.6. The van der Waals surface area contributed by atoms with Gasteiger partial charge in [-0.05, 0) is 52.4 Å². The Morgan fingerprint density at radius 2 is 1.66 bits per heavy atom. The molecule has 2 fully saturated rings. The van der Waals surface area contributed by atoms with Gasteiger partial charge >= 0.3 is 6.09 Å². The number of ether oxygens (including phenoxy) is 3. The van der Waals surface area contributed by atoms with Crippen molar-refractivity contribution >= 4 is 41.0 Å². The molecule has 0 spiro atoms. The molecule has 4 unspecified atom stereocenters. The van der Waals surface area contributed by atoms with Crippen molar-refractivity contribution < 1.29 is 33.7 Å². The normalized spacial score (nSPS) is 20.1. The summed E-state index contributed by atoms with van der Waals surface area (Å²) < 4.78 is 19.3. The topological polar surface area (TPSA) is 140 Å². The Bertz CT molecular complexity index is 2060. The second-order valence-electron chi connectivity index (χ2n) is 12.9. The van der Waals surface area contributed by atoms with Crippen molar-refractivity contribution in [2.45, 2.75) is 68.4 Å². The van der Waals surface area contributed by atoms with Crippen molar-refractivity contribution in [1.29, 1.82) is 0 Å². The number of amides is 3. The van der Waals surface area contributed by atoms with E-state index in [1.165, 1.54) is 4.90 Å². The summed E-state index contributed by atoms with van der Waals surface area (Å²) in [5.74, 6) is -0.155. The summed E-state index contributed by atoms with van der Waals surface area (Å²) in [5.41, 5.74) is 6.09. The maximum absolute atomic E-state index is 13.2. The van der Waals surface area contributed by atoms with Crippen molar-refractivity contribution in [3.05, 3.63) is 136 Å². The molecule has 4 atom stereocenters. The Morgan fingerprint density at radius 1 is 0.906 bits per heavy atom. The van der Waals surface area contributed by atoms with Gasteiger partial charge in [0.1, 0.15) is 17.7 Å². The summed E-state index contributed by atoms with van der Waals surface area (Å²) in [6.07, 6.45) is -1.22. The highest BCUT2D eigenvalue weighted by Gasteiger charge is 2.40. The van der Waals surface area contributed by atoms with E-state index in [1.54, 1.807) is 23.1 Å². The van der Waals surface area contributed by atoms with Gasteiger partial charge in [0.25, 0.3) is 5.91 Å². The van der Waals surface area contributed by atoms with E-state index >= 15 is 0 Å². The molecule has 13 heteroatoms. The van der Waals surface area contributed by atoms with Crippen molar-refractivity contribution in [2.75, 3.05) is 5.75 Å². The summed E-state index contributed by atoms with van der Waals surface area (Å²) in [7, 11) is 0. The van der Waals surface area contributed by atoms with Crippen LogP contribution in [0.5, 0.6) is 0 Å². The molecule has 53 heavy (non-hydrogen) atoms. The van der Waals surface area contributed by atoms with Crippen LogP contribution in [0.4, 0.5) is 4.79 Å². The third-order valence-electron chi connectivity index (χ3n) is 9.02. The third kappa shape index (κ3) is 9.18. The van der Waals surface area contributed by atoms with Crippen LogP contribution in [-0.2, 0) is 43.6 Å². The number of carbonyl (C=O) groups is 3. The molecule has 0 bridgehead atoms. The average Bonchev–Trinajstić information content (AvgIpc) is 3.73. The Morgan fingerprint density at radius 3 is 2.42 bits per heavy atom. The smallest absolute Gasteiger partial charge is 0.408 e. The Hall–Kier alpha value is -4.92. The molecule has 5 aromatic rings. The van der Waals surface area contributed by atoms with Crippen LogP contribution in [0.15, 0.2) is 107 Å². The van der Waals surface area contributed by atoms with Crippen LogP contribution < -0.4 is 5.32 Å². The highest BCUT2D eigenvalue weighted by Crippen LogP contribution is 2.40. The fourth-order valence-electron chi connectivity index (χ4n) is 6.29. The number of imide groups is 1. The quantitative estimate of drug-likeness (QED) is 0.102. The van der Waals surface area contributed by atoms with Gasteiger partial charge in [-0.2, -0.15) is 0 Å². The van der Waals surface area contributed by atoms with Crippen LogP contribution in [-0.4, -0.2) is 56.0 Å². The van der Waals surface area contributed by atoms with E-state index in [4.69, 9.17) is 14.2 Å². The molecule has 272 valence electrons. The molecule has 0 saturated carbocycles. The number of aromatic nitrogens is 2. The summed E-state index contributed by atoms with van der Waals surface area (Å²) in [5, 5.41) is 21.4. The maximum Gasteiger partial charge on any atom is 0.408 e. The zero-order chi connectivity index (χ0) is 36.7. The summed E-state index contributed by atoms with van der Waals surface area (Å²) in [6, 6.07) is 31.7. The maximum atomic E-state index is 13.2. The van der Waals surface area contributed by atoms with Gasteiger partial charge in [0, 0.05) is 17.7 Å². The first-order chi connectivity index (χ1) is 25.8. The van der Waals surface area contributed by atoms with Gasteiger partial charge < -0.3 is 24.6 Å².